The molecular formula is C23H31N5O4S. The predicted molar refractivity (Wildman–Crippen MR) is 127 cm³/mol. The van der Waals surface area contributed by atoms with Crippen LogP contribution in [0.3, 0.4) is 0 Å². The normalized spacial score (nSPS) is 20.5. The number of amides is 2. The number of para-hydroxylation sites is 1. The van der Waals surface area contributed by atoms with Crippen molar-refractivity contribution in [3.8, 4) is 5.69 Å². The standard InChI is InChI=1S/C23H31N5O4S/c1-3-20(29)25-21-16(2)26-28(19-7-5-4-6-8-19)23(21)27-12-9-17(10-13-27)22(30)24-18-11-14-33(31,32)15-18/h4-8,17-18H,3,9-15H2,1-2H3,(H,24,30)(H,25,29)/t18-/m1/s1. The molecule has 0 aliphatic carbocycles. The fourth-order valence-corrected chi connectivity index (χ4v) is 6.19. The molecular weight excluding hydrogens is 442 g/mol. The van der Waals surface area contributed by atoms with Crippen molar-refractivity contribution in [2.45, 2.75) is 45.6 Å². The number of carbonyl (C=O) groups excluding carboxylic acids is 2. The molecule has 4 rings (SSSR count). The van der Waals surface area contributed by atoms with Crippen molar-refractivity contribution < 1.29 is 18.0 Å². The summed E-state index contributed by atoms with van der Waals surface area (Å²) in [4.78, 5) is 27.1. The third-order valence-electron chi connectivity index (χ3n) is 6.37. The Kier molecular flexibility index (Phi) is 6.73. The van der Waals surface area contributed by atoms with Crippen LogP contribution >= 0.6 is 0 Å². The summed E-state index contributed by atoms with van der Waals surface area (Å²) < 4.78 is 25.2. The maximum atomic E-state index is 12.8. The average Bonchev–Trinajstić information content (AvgIpc) is 3.32. The second-order valence-electron chi connectivity index (χ2n) is 8.80. The number of benzene rings is 1. The van der Waals surface area contributed by atoms with E-state index in [0.717, 1.165) is 17.2 Å². The number of nitrogens with one attached hydrogen (secondary N) is 2. The Morgan fingerprint density at radius 3 is 2.42 bits per heavy atom. The van der Waals surface area contributed by atoms with Gasteiger partial charge >= 0.3 is 0 Å². The van der Waals surface area contributed by atoms with Crippen molar-refractivity contribution in [1.29, 1.82) is 0 Å². The molecule has 178 valence electrons. The Hall–Kier alpha value is -2.88. The zero-order chi connectivity index (χ0) is 23.6. The topological polar surface area (TPSA) is 113 Å². The molecule has 2 N–H and O–H groups in total. The van der Waals surface area contributed by atoms with Gasteiger partial charge in [-0.05, 0) is 38.3 Å². The van der Waals surface area contributed by atoms with Crippen LogP contribution in [0, 0.1) is 12.8 Å². The van der Waals surface area contributed by atoms with Gasteiger partial charge in [-0.25, -0.2) is 13.1 Å². The van der Waals surface area contributed by atoms with Crippen LogP contribution in [0.25, 0.3) is 5.69 Å². The number of sulfone groups is 1. The summed E-state index contributed by atoms with van der Waals surface area (Å²) in [6.07, 6.45) is 2.15. The fourth-order valence-electron chi connectivity index (χ4n) is 4.51. The number of aryl methyl sites for hydroxylation is 1. The minimum atomic E-state index is -3.03. The van der Waals surface area contributed by atoms with Crippen molar-refractivity contribution in [2.24, 2.45) is 5.92 Å². The summed E-state index contributed by atoms with van der Waals surface area (Å²) in [5.41, 5.74) is 2.33. The van der Waals surface area contributed by atoms with Crippen LogP contribution in [0.1, 0.15) is 38.3 Å². The number of piperidine rings is 1. The molecule has 0 bridgehead atoms. The zero-order valence-electron chi connectivity index (χ0n) is 19.1. The summed E-state index contributed by atoms with van der Waals surface area (Å²) in [7, 11) is -3.03. The van der Waals surface area contributed by atoms with Gasteiger partial charge in [-0.15, -0.1) is 0 Å². The van der Waals surface area contributed by atoms with Crippen LogP contribution in [0.4, 0.5) is 11.5 Å². The van der Waals surface area contributed by atoms with E-state index in [1.807, 2.05) is 48.9 Å². The summed E-state index contributed by atoms with van der Waals surface area (Å²) >= 11 is 0. The monoisotopic (exact) mass is 473 g/mol. The predicted octanol–water partition coefficient (Wildman–Crippen LogP) is 2.05. The minimum Gasteiger partial charge on any atom is -0.355 e. The summed E-state index contributed by atoms with van der Waals surface area (Å²) in [6, 6.07) is 9.49. The highest BCUT2D eigenvalue weighted by Gasteiger charge is 2.33. The maximum Gasteiger partial charge on any atom is 0.224 e. The lowest BCUT2D eigenvalue weighted by molar-refractivity contribution is -0.126. The molecule has 9 nitrogen and oxygen atoms in total. The fraction of sp³-hybridized carbons (Fsp3) is 0.522. The zero-order valence-corrected chi connectivity index (χ0v) is 19.9. The van der Waals surface area contributed by atoms with Crippen LogP contribution in [0.15, 0.2) is 30.3 Å². The van der Waals surface area contributed by atoms with Gasteiger partial charge in [0.05, 0.1) is 22.9 Å². The summed E-state index contributed by atoms with van der Waals surface area (Å²) in [6.45, 7) is 4.96. The van der Waals surface area contributed by atoms with Gasteiger partial charge in [0.2, 0.25) is 11.8 Å². The molecule has 0 radical (unpaired) electrons. The van der Waals surface area contributed by atoms with E-state index in [1.165, 1.54) is 0 Å². The molecule has 3 heterocycles. The molecule has 2 saturated heterocycles. The Balaban J connectivity index is 1.51. The van der Waals surface area contributed by atoms with Gasteiger partial charge in [-0.2, -0.15) is 5.10 Å². The molecule has 2 aliphatic rings. The molecule has 1 aromatic heterocycles. The lowest BCUT2D eigenvalue weighted by Crippen LogP contribution is -2.44. The van der Waals surface area contributed by atoms with Gasteiger partial charge in [0.15, 0.2) is 15.7 Å². The van der Waals surface area contributed by atoms with E-state index in [9.17, 15) is 18.0 Å². The lowest BCUT2D eigenvalue weighted by atomic mass is 9.95. The Morgan fingerprint density at radius 2 is 1.82 bits per heavy atom. The number of rotatable bonds is 6. The third-order valence-corrected chi connectivity index (χ3v) is 8.13. The molecule has 2 aromatic rings. The SMILES string of the molecule is CCC(=O)Nc1c(C)nn(-c2ccccc2)c1N1CCC(C(=O)N[C@@H]2CCS(=O)(=O)C2)CC1. The maximum absolute atomic E-state index is 12.8. The van der Waals surface area contributed by atoms with Gasteiger partial charge in [-0.3, -0.25) is 9.59 Å². The Morgan fingerprint density at radius 1 is 1.12 bits per heavy atom. The van der Waals surface area contributed by atoms with Crippen molar-refractivity contribution >= 4 is 33.2 Å². The van der Waals surface area contributed by atoms with E-state index in [4.69, 9.17) is 5.10 Å². The first kappa shape index (κ1) is 23.3. The first-order valence-corrected chi connectivity index (χ1v) is 13.3. The molecule has 0 spiro atoms. The second kappa shape index (κ2) is 9.54. The summed E-state index contributed by atoms with van der Waals surface area (Å²) in [5, 5.41) is 10.6. The van der Waals surface area contributed by atoms with Crippen molar-refractivity contribution in [2.75, 3.05) is 34.8 Å². The van der Waals surface area contributed by atoms with E-state index in [2.05, 4.69) is 15.5 Å². The molecule has 1 aromatic carbocycles. The van der Waals surface area contributed by atoms with Crippen LogP contribution in [0.5, 0.6) is 0 Å². The average molecular weight is 474 g/mol. The van der Waals surface area contributed by atoms with Crippen molar-refractivity contribution in [3.05, 3.63) is 36.0 Å². The molecule has 2 aliphatic heterocycles. The van der Waals surface area contributed by atoms with Gasteiger partial charge < -0.3 is 15.5 Å². The Bertz CT molecular complexity index is 1120. The quantitative estimate of drug-likeness (QED) is 0.664. The van der Waals surface area contributed by atoms with E-state index >= 15 is 0 Å². The molecule has 0 unspecified atom stereocenters. The van der Waals surface area contributed by atoms with Gasteiger partial charge in [0, 0.05) is 31.5 Å². The van der Waals surface area contributed by atoms with E-state index < -0.39 is 9.84 Å². The number of hydrogen-bond donors (Lipinski definition) is 2. The first-order valence-electron chi connectivity index (χ1n) is 11.5. The van der Waals surface area contributed by atoms with Crippen LogP contribution < -0.4 is 15.5 Å². The molecule has 2 amide bonds. The molecule has 33 heavy (non-hydrogen) atoms. The largest absolute Gasteiger partial charge is 0.355 e. The van der Waals surface area contributed by atoms with E-state index in [-0.39, 0.29) is 35.3 Å². The number of anilines is 2. The first-order chi connectivity index (χ1) is 15.8. The van der Waals surface area contributed by atoms with Gasteiger partial charge in [0.1, 0.15) is 5.69 Å². The highest BCUT2D eigenvalue weighted by Crippen LogP contribution is 2.35. The molecule has 2 fully saturated rings. The van der Waals surface area contributed by atoms with E-state index in [0.29, 0.717) is 44.5 Å². The molecule has 0 saturated carbocycles. The number of carbonyl (C=O) groups is 2. The van der Waals surface area contributed by atoms with Crippen molar-refractivity contribution in [1.82, 2.24) is 15.1 Å². The molecule has 1 atom stereocenters. The lowest BCUT2D eigenvalue weighted by Gasteiger charge is -2.34. The third kappa shape index (κ3) is 5.21. The van der Waals surface area contributed by atoms with Crippen LogP contribution in [0.2, 0.25) is 0 Å². The highest BCUT2D eigenvalue weighted by atomic mass is 32.2. The number of hydrogen-bond acceptors (Lipinski definition) is 6. The summed E-state index contributed by atoms with van der Waals surface area (Å²) in [5.74, 6) is 0.699. The smallest absolute Gasteiger partial charge is 0.224 e. The van der Waals surface area contributed by atoms with Crippen molar-refractivity contribution in [3.63, 3.8) is 0 Å². The van der Waals surface area contributed by atoms with Gasteiger partial charge in [-0.1, -0.05) is 25.1 Å². The minimum absolute atomic E-state index is 0.0353. The van der Waals surface area contributed by atoms with Crippen LogP contribution in [-0.4, -0.2) is 60.6 Å². The molecule has 10 heteroatoms. The number of nitrogens with zero attached hydrogens (tertiary/aromatic N) is 3. The van der Waals surface area contributed by atoms with Gasteiger partial charge in [0.25, 0.3) is 0 Å². The number of aromatic nitrogens is 2. The Labute approximate surface area is 194 Å². The highest BCUT2D eigenvalue weighted by molar-refractivity contribution is 7.91. The van der Waals surface area contributed by atoms with Crippen LogP contribution in [-0.2, 0) is 19.4 Å². The van der Waals surface area contributed by atoms with E-state index in [1.54, 1.807) is 0 Å². The second-order valence-corrected chi connectivity index (χ2v) is 11.0.